The molecule has 0 amide bonds. The van der Waals surface area contributed by atoms with E-state index in [9.17, 15) is 0 Å². The van der Waals surface area contributed by atoms with Gasteiger partial charge in [-0.1, -0.05) is 188 Å². The molecule has 1 aromatic heterocycles. The van der Waals surface area contributed by atoms with Gasteiger partial charge in [0.15, 0.2) is 0 Å². The van der Waals surface area contributed by atoms with E-state index in [1.54, 1.807) is 0 Å². The zero-order valence-corrected chi connectivity index (χ0v) is 29.7. The second-order valence-corrected chi connectivity index (χ2v) is 14.0. The van der Waals surface area contributed by atoms with Gasteiger partial charge in [0.2, 0.25) is 0 Å². The van der Waals surface area contributed by atoms with Crippen LogP contribution in [0.1, 0.15) is 22.6 Å². The average molecular weight is 689 g/mol. The molecule has 0 N–H and O–H groups in total. The van der Waals surface area contributed by atoms with E-state index in [0.29, 0.717) is 0 Å². The lowest BCUT2D eigenvalue weighted by atomic mass is 9.80. The minimum Gasteiger partial charge on any atom is -0.456 e. The molecule has 0 fully saturated rings. The molecule has 0 aliphatic heterocycles. The second kappa shape index (κ2) is 13.5. The fraction of sp³-hybridized carbons (Fsp3) is 0.0189. The predicted molar refractivity (Wildman–Crippen MR) is 227 cm³/mol. The molecule has 0 aliphatic carbocycles. The Hall–Kier alpha value is -6.96. The molecule has 0 spiro atoms. The summed E-state index contributed by atoms with van der Waals surface area (Å²) in [4.78, 5) is 0. The smallest absolute Gasteiger partial charge is 0.136 e. The number of hydrogen-bond donors (Lipinski definition) is 0. The van der Waals surface area contributed by atoms with Crippen LogP contribution in [0.2, 0.25) is 0 Å². The molecule has 1 unspecified atom stereocenters. The van der Waals surface area contributed by atoms with Gasteiger partial charge in [0.25, 0.3) is 0 Å². The van der Waals surface area contributed by atoms with Gasteiger partial charge in [0.1, 0.15) is 11.2 Å². The van der Waals surface area contributed by atoms with E-state index in [1.807, 2.05) is 12.1 Å². The van der Waals surface area contributed by atoms with Crippen LogP contribution in [0.5, 0.6) is 0 Å². The van der Waals surface area contributed by atoms with Crippen molar-refractivity contribution in [3.63, 3.8) is 0 Å². The first-order valence-corrected chi connectivity index (χ1v) is 18.6. The molecule has 1 heterocycles. The lowest BCUT2D eigenvalue weighted by molar-refractivity contribution is 0.669. The van der Waals surface area contributed by atoms with Crippen molar-refractivity contribution in [1.82, 2.24) is 0 Å². The number of para-hydroxylation sites is 1. The van der Waals surface area contributed by atoms with Gasteiger partial charge in [-0.15, -0.1) is 0 Å². The molecule has 254 valence electrons. The minimum atomic E-state index is 0.0244. The number of benzene rings is 9. The highest BCUT2D eigenvalue weighted by atomic mass is 16.3. The van der Waals surface area contributed by atoms with Crippen molar-refractivity contribution in [3.8, 4) is 44.5 Å². The maximum Gasteiger partial charge on any atom is 0.136 e. The van der Waals surface area contributed by atoms with E-state index in [-0.39, 0.29) is 5.92 Å². The van der Waals surface area contributed by atoms with Crippen LogP contribution in [-0.4, -0.2) is 0 Å². The van der Waals surface area contributed by atoms with Gasteiger partial charge in [-0.2, -0.15) is 0 Å². The number of furan rings is 1. The predicted octanol–water partition coefficient (Wildman–Crippen LogP) is 14.6. The van der Waals surface area contributed by atoms with Gasteiger partial charge in [-0.05, 0) is 96.2 Å². The molecular formula is C53H36O. The van der Waals surface area contributed by atoms with Crippen LogP contribution in [0.4, 0.5) is 0 Å². The Morgan fingerprint density at radius 2 is 0.759 bits per heavy atom. The maximum absolute atomic E-state index is 6.25. The molecule has 0 aliphatic rings. The third-order valence-corrected chi connectivity index (χ3v) is 10.9. The zero-order chi connectivity index (χ0) is 35.8. The van der Waals surface area contributed by atoms with Crippen LogP contribution in [0.3, 0.4) is 0 Å². The summed E-state index contributed by atoms with van der Waals surface area (Å²) < 4.78 is 6.25. The Labute approximate surface area is 315 Å². The van der Waals surface area contributed by atoms with Gasteiger partial charge in [-0.3, -0.25) is 0 Å². The van der Waals surface area contributed by atoms with Gasteiger partial charge in [-0.25, -0.2) is 0 Å². The summed E-state index contributed by atoms with van der Waals surface area (Å²) in [7, 11) is 0. The molecular weight excluding hydrogens is 653 g/mol. The van der Waals surface area contributed by atoms with Crippen molar-refractivity contribution in [3.05, 3.63) is 229 Å². The summed E-state index contributed by atoms with van der Waals surface area (Å²) in [6.45, 7) is 0. The third kappa shape index (κ3) is 5.77. The van der Waals surface area contributed by atoms with E-state index in [4.69, 9.17) is 4.42 Å². The van der Waals surface area contributed by atoms with Crippen LogP contribution < -0.4 is 0 Å². The van der Waals surface area contributed by atoms with Crippen LogP contribution in [0, 0.1) is 0 Å². The molecule has 9 aromatic carbocycles. The lowest BCUT2D eigenvalue weighted by Crippen LogP contribution is -2.05. The molecule has 10 aromatic rings. The van der Waals surface area contributed by atoms with Gasteiger partial charge in [0, 0.05) is 16.7 Å². The van der Waals surface area contributed by atoms with E-state index in [0.717, 1.165) is 33.1 Å². The summed E-state index contributed by atoms with van der Waals surface area (Å²) in [5.74, 6) is 0.0244. The summed E-state index contributed by atoms with van der Waals surface area (Å²) in [6.07, 6.45) is 0. The molecule has 0 saturated carbocycles. The van der Waals surface area contributed by atoms with Gasteiger partial charge >= 0.3 is 0 Å². The highest BCUT2D eigenvalue weighted by Crippen LogP contribution is 2.41. The Morgan fingerprint density at radius 3 is 1.43 bits per heavy atom. The van der Waals surface area contributed by atoms with Crippen molar-refractivity contribution in [2.75, 3.05) is 0 Å². The first-order chi connectivity index (χ1) is 26.8. The quantitative estimate of drug-likeness (QED) is 0.152. The van der Waals surface area contributed by atoms with E-state index in [1.165, 1.54) is 60.8 Å². The lowest BCUT2D eigenvalue weighted by Gasteiger charge is -2.23. The van der Waals surface area contributed by atoms with E-state index < -0.39 is 0 Å². The van der Waals surface area contributed by atoms with Crippen LogP contribution in [0.25, 0.3) is 77.2 Å². The SMILES string of the molecule is c1ccc(-c2cccc(-c3ccc(C(c4ccc(-c5ccc6c(c5)oc5ccccc56)cc4)c4ccc(-c5ccccc5)c5ccccc45)cc3)c2)cc1. The second-order valence-electron chi connectivity index (χ2n) is 14.0. The monoisotopic (exact) mass is 688 g/mol. The molecule has 1 heteroatoms. The summed E-state index contributed by atoms with van der Waals surface area (Å²) in [5.41, 5.74) is 15.3. The molecule has 0 saturated heterocycles. The molecule has 54 heavy (non-hydrogen) atoms. The Kier molecular flexibility index (Phi) is 7.96. The highest BCUT2D eigenvalue weighted by molar-refractivity contribution is 6.06. The van der Waals surface area contributed by atoms with Crippen molar-refractivity contribution >= 4 is 32.7 Å². The summed E-state index contributed by atoms with van der Waals surface area (Å²) >= 11 is 0. The van der Waals surface area contributed by atoms with Gasteiger partial charge < -0.3 is 4.42 Å². The largest absolute Gasteiger partial charge is 0.456 e. The fourth-order valence-corrected chi connectivity index (χ4v) is 8.15. The van der Waals surface area contributed by atoms with Gasteiger partial charge in [0.05, 0.1) is 0 Å². The summed E-state index contributed by atoms with van der Waals surface area (Å²) in [5, 5.41) is 4.82. The van der Waals surface area contributed by atoms with E-state index in [2.05, 4.69) is 200 Å². The van der Waals surface area contributed by atoms with Crippen molar-refractivity contribution < 1.29 is 4.42 Å². The molecule has 1 atom stereocenters. The summed E-state index contributed by atoms with van der Waals surface area (Å²) in [6, 6.07) is 76.8. The maximum atomic E-state index is 6.25. The highest BCUT2D eigenvalue weighted by Gasteiger charge is 2.21. The molecule has 10 rings (SSSR count). The number of fused-ring (bicyclic) bond motifs is 4. The van der Waals surface area contributed by atoms with Crippen LogP contribution >= 0.6 is 0 Å². The number of rotatable bonds is 7. The Morgan fingerprint density at radius 1 is 0.278 bits per heavy atom. The van der Waals surface area contributed by atoms with Crippen molar-refractivity contribution in [1.29, 1.82) is 0 Å². The first kappa shape index (κ1) is 31.7. The average Bonchev–Trinajstić information content (AvgIpc) is 3.63. The van der Waals surface area contributed by atoms with Crippen LogP contribution in [-0.2, 0) is 0 Å². The Balaban J connectivity index is 1.07. The molecule has 0 radical (unpaired) electrons. The fourth-order valence-electron chi connectivity index (χ4n) is 8.15. The van der Waals surface area contributed by atoms with Crippen molar-refractivity contribution in [2.24, 2.45) is 0 Å². The number of hydrogen-bond acceptors (Lipinski definition) is 1. The van der Waals surface area contributed by atoms with E-state index >= 15 is 0 Å². The standard InChI is InChI=1S/C53H36O/c1-3-12-36(13-4-1)42-16-11-17-43(34-42)37-22-26-40(27-23-37)53(50-33-32-45(39-14-5-2-6-15-39)46-18-7-8-19-47(46)50)41-28-24-38(25-29-41)44-30-31-49-48-20-9-10-21-51(48)54-52(49)35-44/h1-35,53H. The minimum absolute atomic E-state index is 0.0244. The topological polar surface area (TPSA) is 13.1 Å². The molecule has 0 bridgehead atoms. The van der Waals surface area contributed by atoms with Crippen LogP contribution in [0.15, 0.2) is 217 Å². The normalized spacial score (nSPS) is 12.0. The Bertz CT molecular complexity index is 2900. The first-order valence-electron chi connectivity index (χ1n) is 18.6. The third-order valence-electron chi connectivity index (χ3n) is 10.9. The zero-order valence-electron chi connectivity index (χ0n) is 29.7. The molecule has 1 nitrogen and oxygen atoms in total. The van der Waals surface area contributed by atoms with Crippen molar-refractivity contribution in [2.45, 2.75) is 5.92 Å².